The Morgan fingerprint density at radius 1 is 1.07 bits per heavy atom. The van der Waals surface area contributed by atoms with Gasteiger partial charge in [0.05, 0.1) is 21.3 Å². The highest BCUT2D eigenvalue weighted by molar-refractivity contribution is 7.07. The lowest BCUT2D eigenvalue weighted by atomic mass is 10.1. The molecule has 0 N–H and O–H groups in total. The number of nitrogens with zero attached hydrogens (tertiary/aromatic N) is 5. The molecule has 0 spiro atoms. The Labute approximate surface area is 169 Å². The number of thiazole rings is 1. The summed E-state index contributed by atoms with van der Waals surface area (Å²) in [6, 6.07) is 11.1. The summed E-state index contributed by atoms with van der Waals surface area (Å²) in [4.78, 5) is 26.1. The van der Waals surface area contributed by atoms with Crippen LogP contribution < -0.4 is 4.80 Å². The number of nitro groups is 2. The summed E-state index contributed by atoms with van der Waals surface area (Å²) >= 11 is 1.38. The van der Waals surface area contributed by atoms with E-state index in [0.717, 1.165) is 5.56 Å². The molecule has 0 amide bonds. The summed E-state index contributed by atoms with van der Waals surface area (Å²) in [6.45, 7) is 3.45. The van der Waals surface area contributed by atoms with Crippen molar-refractivity contribution in [1.82, 2.24) is 4.68 Å². The van der Waals surface area contributed by atoms with Crippen molar-refractivity contribution in [1.29, 1.82) is 0 Å². The lowest BCUT2D eigenvalue weighted by molar-refractivity contribution is -0.385. The zero-order chi connectivity index (χ0) is 21.1. The van der Waals surface area contributed by atoms with Crippen molar-refractivity contribution in [2.24, 2.45) is 10.1 Å². The molecule has 2 aromatic carbocycles. The van der Waals surface area contributed by atoms with E-state index in [9.17, 15) is 20.2 Å². The molecule has 0 unspecified atom stereocenters. The van der Waals surface area contributed by atoms with E-state index >= 15 is 0 Å². The first-order valence-corrected chi connectivity index (χ1v) is 9.39. The van der Waals surface area contributed by atoms with E-state index in [1.165, 1.54) is 29.5 Å². The average Bonchev–Trinajstić information content (AvgIpc) is 3.10. The van der Waals surface area contributed by atoms with Crippen LogP contribution in [0.3, 0.4) is 0 Å². The molecule has 0 saturated heterocycles. The molecule has 0 aliphatic rings. The second kappa shape index (κ2) is 8.15. The Bertz CT molecular complexity index is 1190. The van der Waals surface area contributed by atoms with Crippen LogP contribution >= 0.6 is 11.3 Å². The Balaban J connectivity index is 2.09. The highest BCUT2D eigenvalue weighted by Gasteiger charge is 2.14. The molecular formula is C19H17N5O4S. The minimum atomic E-state index is -0.454. The maximum Gasteiger partial charge on any atom is 0.272 e. The van der Waals surface area contributed by atoms with E-state index in [4.69, 9.17) is 0 Å². The predicted octanol–water partition coefficient (Wildman–Crippen LogP) is 4.14. The number of nitro benzene ring substituents is 2. The van der Waals surface area contributed by atoms with Gasteiger partial charge in [0, 0.05) is 47.3 Å². The second-order valence-electron chi connectivity index (χ2n) is 6.19. The van der Waals surface area contributed by atoms with Gasteiger partial charge in [-0.2, -0.15) is 5.10 Å². The number of aryl methyl sites for hydroxylation is 1. The molecule has 10 heteroatoms. The first-order chi connectivity index (χ1) is 13.8. The minimum Gasteiger partial charge on any atom is -0.261 e. The summed E-state index contributed by atoms with van der Waals surface area (Å²) in [6.07, 6.45) is 0. The van der Waals surface area contributed by atoms with E-state index in [1.54, 1.807) is 49.8 Å². The highest BCUT2D eigenvalue weighted by Crippen LogP contribution is 2.24. The smallest absolute Gasteiger partial charge is 0.261 e. The lowest BCUT2D eigenvalue weighted by Gasteiger charge is -2.07. The molecule has 1 aromatic heterocycles. The summed E-state index contributed by atoms with van der Waals surface area (Å²) < 4.78 is 1.63. The molecule has 0 aliphatic carbocycles. The quantitative estimate of drug-likeness (QED) is 0.356. The summed E-state index contributed by atoms with van der Waals surface area (Å²) in [5.74, 6) is 0. The Morgan fingerprint density at radius 3 is 2.34 bits per heavy atom. The van der Waals surface area contributed by atoms with Gasteiger partial charge in [0.15, 0.2) is 0 Å². The normalized spacial score (nSPS) is 12.2. The van der Waals surface area contributed by atoms with Gasteiger partial charge in [-0.3, -0.25) is 25.2 Å². The third-order valence-corrected chi connectivity index (χ3v) is 5.23. The van der Waals surface area contributed by atoms with Gasteiger partial charge in [-0.25, -0.2) is 4.68 Å². The van der Waals surface area contributed by atoms with Gasteiger partial charge in [-0.1, -0.05) is 12.1 Å². The van der Waals surface area contributed by atoms with Crippen molar-refractivity contribution >= 4 is 28.4 Å². The van der Waals surface area contributed by atoms with Gasteiger partial charge in [-0.05, 0) is 26.0 Å². The monoisotopic (exact) mass is 411 g/mol. The first kappa shape index (κ1) is 20.1. The van der Waals surface area contributed by atoms with Gasteiger partial charge in [0.1, 0.15) is 0 Å². The van der Waals surface area contributed by atoms with E-state index < -0.39 is 9.85 Å². The van der Waals surface area contributed by atoms with Crippen LogP contribution in [0.4, 0.5) is 11.4 Å². The molecule has 0 fully saturated rings. The fraction of sp³-hybridized carbons (Fsp3) is 0.158. The molecule has 9 nitrogen and oxygen atoms in total. The van der Waals surface area contributed by atoms with Gasteiger partial charge in [0.25, 0.3) is 11.4 Å². The second-order valence-corrected chi connectivity index (χ2v) is 7.02. The number of hydrogen-bond donors (Lipinski definition) is 0. The van der Waals surface area contributed by atoms with Crippen LogP contribution in [0.15, 0.2) is 57.9 Å². The molecule has 0 radical (unpaired) electrons. The fourth-order valence-corrected chi connectivity index (χ4v) is 3.54. The van der Waals surface area contributed by atoms with Gasteiger partial charge >= 0.3 is 0 Å². The number of benzene rings is 2. The van der Waals surface area contributed by atoms with Crippen molar-refractivity contribution in [2.75, 3.05) is 7.05 Å². The van der Waals surface area contributed by atoms with Crippen LogP contribution in [0.2, 0.25) is 0 Å². The fourth-order valence-electron chi connectivity index (χ4n) is 2.74. The maximum atomic E-state index is 11.2. The molecule has 3 aromatic rings. The predicted molar refractivity (Wildman–Crippen MR) is 111 cm³/mol. The Kier molecular flexibility index (Phi) is 5.64. The molecule has 0 aliphatic heterocycles. The van der Waals surface area contributed by atoms with Gasteiger partial charge in [0.2, 0.25) is 4.80 Å². The molecule has 0 atom stereocenters. The van der Waals surface area contributed by atoms with Crippen molar-refractivity contribution in [2.45, 2.75) is 13.8 Å². The molecule has 0 bridgehead atoms. The van der Waals surface area contributed by atoms with Crippen molar-refractivity contribution in [3.8, 4) is 11.3 Å². The standard InChI is InChI=1S/C19H17N5O4S/c1-12-4-5-15(10-17(12)24(27)28)13(2)21-22-18(11-29-19(22)20-3)14-6-8-16(9-7-14)23(25)26/h4-11H,1-3H3. The molecular weight excluding hydrogens is 394 g/mol. The van der Waals surface area contributed by atoms with Crippen LogP contribution in [0.1, 0.15) is 18.1 Å². The van der Waals surface area contributed by atoms with E-state index in [1.807, 2.05) is 5.38 Å². The van der Waals surface area contributed by atoms with Gasteiger partial charge in [-0.15, -0.1) is 11.3 Å². The van der Waals surface area contributed by atoms with Crippen molar-refractivity contribution < 1.29 is 9.85 Å². The van der Waals surface area contributed by atoms with Crippen LogP contribution in [0, 0.1) is 27.2 Å². The molecule has 29 heavy (non-hydrogen) atoms. The zero-order valence-electron chi connectivity index (χ0n) is 15.9. The lowest BCUT2D eigenvalue weighted by Crippen LogP contribution is -2.14. The molecule has 148 valence electrons. The van der Waals surface area contributed by atoms with Crippen LogP contribution in [-0.2, 0) is 0 Å². The largest absolute Gasteiger partial charge is 0.272 e. The highest BCUT2D eigenvalue weighted by atomic mass is 32.1. The minimum absolute atomic E-state index is 0.00239. The molecule has 1 heterocycles. The Hall–Kier alpha value is -3.66. The van der Waals surface area contributed by atoms with E-state index in [2.05, 4.69) is 10.1 Å². The SMILES string of the molecule is CN=c1scc(-c2ccc([N+](=O)[O-])cc2)n1N=C(C)c1ccc(C)c([N+](=O)[O-])c1. The van der Waals surface area contributed by atoms with Crippen LogP contribution in [-0.4, -0.2) is 27.3 Å². The first-order valence-electron chi connectivity index (χ1n) is 8.51. The summed E-state index contributed by atoms with van der Waals surface area (Å²) in [7, 11) is 1.64. The van der Waals surface area contributed by atoms with Crippen LogP contribution in [0.5, 0.6) is 0 Å². The third kappa shape index (κ3) is 4.11. The molecule has 3 rings (SSSR count). The number of non-ortho nitro benzene ring substituents is 1. The van der Waals surface area contributed by atoms with Gasteiger partial charge < -0.3 is 0 Å². The average molecular weight is 411 g/mol. The zero-order valence-corrected chi connectivity index (χ0v) is 16.7. The molecule has 0 saturated carbocycles. The van der Waals surface area contributed by atoms with E-state index in [-0.39, 0.29) is 11.4 Å². The maximum absolute atomic E-state index is 11.2. The summed E-state index contributed by atoms with van der Waals surface area (Å²) in [5.41, 5.74) is 3.26. The van der Waals surface area contributed by atoms with E-state index in [0.29, 0.717) is 27.3 Å². The number of aromatic nitrogens is 1. The van der Waals surface area contributed by atoms with Crippen molar-refractivity contribution in [3.63, 3.8) is 0 Å². The topological polar surface area (TPSA) is 116 Å². The number of hydrogen-bond acceptors (Lipinski definition) is 7. The number of rotatable bonds is 5. The van der Waals surface area contributed by atoms with Crippen molar-refractivity contribution in [3.05, 3.63) is 84.0 Å². The third-order valence-electron chi connectivity index (χ3n) is 4.32. The summed E-state index contributed by atoms with van der Waals surface area (Å²) in [5, 5.41) is 28.6. The Morgan fingerprint density at radius 2 is 1.76 bits per heavy atom. The van der Waals surface area contributed by atoms with Crippen LogP contribution in [0.25, 0.3) is 11.3 Å².